The summed E-state index contributed by atoms with van der Waals surface area (Å²) in [7, 11) is 0. The summed E-state index contributed by atoms with van der Waals surface area (Å²) in [6.07, 6.45) is 4.38. The standard InChI is InChI=1S/C52H50N2/c1-51(2,3)43-25-35-49(36-26-43)54(50-37-27-44(28-38-50)52(4,5)6)47-31-21-40(22-32-47)18-17-39-19-29-46(30-20-39)53(45-15-11-8-12-16-45)48-33-23-42(24-34-48)41-13-9-7-10-14-41/h7-38H,1-6H3. The molecule has 0 aliphatic heterocycles. The van der Waals surface area contributed by atoms with Crippen molar-refractivity contribution in [3.8, 4) is 11.1 Å². The number of hydrogen-bond donors (Lipinski definition) is 0. The van der Waals surface area contributed by atoms with Gasteiger partial charge in [-0.15, -0.1) is 0 Å². The zero-order valence-electron chi connectivity index (χ0n) is 32.4. The van der Waals surface area contributed by atoms with Crippen molar-refractivity contribution in [1.29, 1.82) is 0 Å². The lowest BCUT2D eigenvalue weighted by atomic mass is 9.86. The zero-order valence-corrected chi connectivity index (χ0v) is 32.4. The first-order valence-electron chi connectivity index (χ1n) is 18.9. The Balaban J connectivity index is 1.12. The van der Waals surface area contributed by atoms with Crippen LogP contribution >= 0.6 is 0 Å². The first-order chi connectivity index (χ1) is 26.0. The summed E-state index contributed by atoms with van der Waals surface area (Å²) >= 11 is 0. The van der Waals surface area contributed by atoms with Crippen LogP contribution in [0.4, 0.5) is 34.1 Å². The molecular formula is C52H50N2. The van der Waals surface area contributed by atoms with Crippen molar-refractivity contribution in [3.63, 3.8) is 0 Å². The van der Waals surface area contributed by atoms with Crippen molar-refractivity contribution in [3.05, 3.63) is 204 Å². The first kappa shape index (κ1) is 36.2. The number of anilines is 6. The van der Waals surface area contributed by atoms with Gasteiger partial charge in [-0.1, -0.05) is 163 Å². The van der Waals surface area contributed by atoms with Crippen molar-refractivity contribution < 1.29 is 0 Å². The van der Waals surface area contributed by atoms with Crippen LogP contribution in [0.25, 0.3) is 23.3 Å². The maximum Gasteiger partial charge on any atom is 0.0462 e. The number of para-hydroxylation sites is 1. The molecular weight excluding hydrogens is 653 g/mol. The largest absolute Gasteiger partial charge is 0.311 e. The SMILES string of the molecule is CC(C)(C)c1ccc(N(c2ccc(C=Cc3ccc(N(c4ccccc4)c4ccc(-c5ccccc5)cc4)cc3)cc2)c2ccc(C(C)(C)C)cc2)cc1. The fourth-order valence-electron chi connectivity index (χ4n) is 6.79. The molecule has 0 fully saturated rings. The molecule has 54 heavy (non-hydrogen) atoms. The minimum absolute atomic E-state index is 0.0996. The minimum Gasteiger partial charge on any atom is -0.311 e. The van der Waals surface area contributed by atoms with Crippen LogP contribution in [-0.4, -0.2) is 0 Å². The molecule has 0 unspecified atom stereocenters. The van der Waals surface area contributed by atoms with E-state index in [0.717, 1.165) is 45.3 Å². The molecule has 0 saturated heterocycles. The van der Waals surface area contributed by atoms with Crippen LogP contribution in [0.3, 0.4) is 0 Å². The zero-order chi connectivity index (χ0) is 37.7. The Hall–Kier alpha value is -6.12. The fourth-order valence-corrected chi connectivity index (χ4v) is 6.79. The van der Waals surface area contributed by atoms with E-state index < -0.39 is 0 Å². The van der Waals surface area contributed by atoms with Gasteiger partial charge >= 0.3 is 0 Å². The molecule has 0 aliphatic rings. The van der Waals surface area contributed by atoms with Gasteiger partial charge in [0.15, 0.2) is 0 Å². The Morgan fingerprint density at radius 1 is 0.296 bits per heavy atom. The van der Waals surface area contributed by atoms with Crippen molar-refractivity contribution in [2.24, 2.45) is 0 Å². The van der Waals surface area contributed by atoms with Crippen molar-refractivity contribution in [2.45, 2.75) is 52.4 Å². The maximum absolute atomic E-state index is 2.35. The summed E-state index contributed by atoms with van der Waals surface area (Å²) in [6.45, 7) is 13.6. The van der Waals surface area contributed by atoms with E-state index in [0.29, 0.717) is 0 Å². The van der Waals surface area contributed by atoms with Crippen LogP contribution in [0.1, 0.15) is 63.8 Å². The quantitative estimate of drug-likeness (QED) is 0.138. The summed E-state index contributed by atoms with van der Waals surface area (Å²) in [6, 6.07) is 65.6. The number of hydrogen-bond acceptors (Lipinski definition) is 2. The topological polar surface area (TPSA) is 6.48 Å². The lowest BCUT2D eigenvalue weighted by Crippen LogP contribution is -2.14. The highest BCUT2D eigenvalue weighted by Gasteiger charge is 2.19. The molecule has 0 aromatic heterocycles. The van der Waals surface area contributed by atoms with Gasteiger partial charge in [0.1, 0.15) is 0 Å². The van der Waals surface area contributed by atoms with Gasteiger partial charge < -0.3 is 9.80 Å². The van der Waals surface area contributed by atoms with E-state index in [4.69, 9.17) is 0 Å². The van der Waals surface area contributed by atoms with E-state index in [1.54, 1.807) is 0 Å². The third-order valence-electron chi connectivity index (χ3n) is 10.0. The van der Waals surface area contributed by atoms with Gasteiger partial charge in [-0.3, -0.25) is 0 Å². The average molecular weight is 703 g/mol. The van der Waals surface area contributed by atoms with E-state index in [9.17, 15) is 0 Å². The van der Waals surface area contributed by atoms with Crippen LogP contribution in [0.15, 0.2) is 182 Å². The second-order valence-corrected chi connectivity index (χ2v) is 16.0. The average Bonchev–Trinajstić information content (AvgIpc) is 3.19. The second-order valence-electron chi connectivity index (χ2n) is 16.0. The molecule has 0 radical (unpaired) electrons. The number of nitrogens with zero attached hydrogens (tertiary/aromatic N) is 2. The van der Waals surface area contributed by atoms with Crippen molar-refractivity contribution in [2.75, 3.05) is 9.80 Å². The van der Waals surface area contributed by atoms with Crippen LogP contribution < -0.4 is 9.80 Å². The molecule has 7 aromatic rings. The maximum atomic E-state index is 2.35. The summed E-state index contributed by atoms with van der Waals surface area (Å²) in [5, 5.41) is 0. The third-order valence-corrected chi connectivity index (χ3v) is 10.0. The second kappa shape index (κ2) is 15.5. The minimum atomic E-state index is 0.0996. The predicted octanol–water partition coefficient (Wildman–Crippen LogP) is 15.1. The van der Waals surface area contributed by atoms with Crippen LogP contribution in [0, 0.1) is 0 Å². The van der Waals surface area contributed by atoms with Gasteiger partial charge in [-0.2, -0.15) is 0 Å². The smallest absolute Gasteiger partial charge is 0.0462 e. The molecule has 7 rings (SSSR count). The molecule has 0 saturated carbocycles. The highest BCUT2D eigenvalue weighted by atomic mass is 15.1. The van der Waals surface area contributed by atoms with Crippen molar-refractivity contribution >= 4 is 46.3 Å². The van der Waals surface area contributed by atoms with Gasteiger partial charge in [0.05, 0.1) is 0 Å². The highest BCUT2D eigenvalue weighted by Crippen LogP contribution is 2.38. The van der Waals surface area contributed by atoms with E-state index >= 15 is 0 Å². The van der Waals surface area contributed by atoms with Gasteiger partial charge in [-0.25, -0.2) is 0 Å². The van der Waals surface area contributed by atoms with Crippen LogP contribution in [0.2, 0.25) is 0 Å². The molecule has 0 heterocycles. The Labute approximate surface area is 322 Å². The van der Waals surface area contributed by atoms with E-state index in [-0.39, 0.29) is 10.8 Å². The first-order valence-corrected chi connectivity index (χ1v) is 18.9. The third kappa shape index (κ3) is 8.40. The molecule has 2 nitrogen and oxygen atoms in total. The van der Waals surface area contributed by atoms with Gasteiger partial charge in [0.2, 0.25) is 0 Å². The molecule has 7 aromatic carbocycles. The van der Waals surface area contributed by atoms with Gasteiger partial charge in [0, 0.05) is 34.1 Å². The number of benzene rings is 7. The molecule has 2 heteroatoms. The normalized spacial score (nSPS) is 11.8. The van der Waals surface area contributed by atoms with Crippen LogP contribution in [-0.2, 0) is 10.8 Å². The summed E-state index contributed by atoms with van der Waals surface area (Å²) in [5.41, 5.74) is 14.3. The molecule has 0 spiro atoms. The van der Waals surface area contributed by atoms with Gasteiger partial charge in [0.25, 0.3) is 0 Å². The lowest BCUT2D eigenvalue weighted by Gasteiger charge is -2.28. The Kier molecular flexibility index (Phi) is 10.4. The van der Waals surface area contributed by atoms with E-state index in [1.807, 2.05) is 0 Å². The number of rotatable bonds is 9. The molecule has 0 aliphatic carbocycles. The summed E-state index contributed by atoms with van der Waals surface area (Å²) in [4.78, 5) is 4.65. The van der Waals surface area contributed by atoms with E-state index in [2.05, 4.69) is 245 Å². The Morgan fingerprint density at radius 3 is 0.926 bits per heavy atom. The Morgan fingerprint density at radius 2 is 0.574 bits per heavy atom. The fraction of sp³-hybridized carbons (Fsp3) is 0.154. The monoisotopic (exact) mass is 702 g/mol. The van der Waals surface area contributed by atoms with E-state index in [1.165, 1.54) is 22.3 Å². The molecule has 0 amide bonds. The Bertz CT molecular complexity index is 2210. The lowest BCUT2D eigenvalue weighted by molar-refractivity contribution is 0.590. The predicted molar refractivity (Wildman–Crippen MR) is 234 cm³/mol. The van der Waals surface area contributed by atoms with Gasteiger partial charge in [-0.05, 0) is 117 Å². The van der Waals surface area contributed by atoms with Crippen LogP contribution in [0.5, 0.6) is 0 Å². The molecule has 0 N–H and O–H groups in total. The molecule has 0 bridgehead atoms. The molecule has 0 atom stereocenters. The van der Waals surface area contributed by atoms with Crippen molar-refractivity contribution in [1.82, 2.24) is 0 Å². The highest BCUT2D eigenvalue weighted by molar-refractivity contribution is 5.81. The summed E-state index contributed by atoms with van der Waals surface area (Å²) < 4.78 is 0. The molecule has 268 valence electrons. The summed E-state index contributed by atoms with van der Waals surface area (Å²) in [5.74, 6) is 0.